The van der Waals surface area contributed by atoms with Crippen molar-refractivity contribution in [1.29, 1.82) is 0 Å². The van der Waals surface area contributed by atoms with Gasteiger partial charge in [-0.25, -0.2) is 0 Å². The van der Waals surface area contributed by atoms with E-state index in [2.05, 4.69) is 0 Å². The van der Waals surface area contributed by atoms with E-state index in [1.807, 2.05) is 23.3 Å². The summed E-state index contributed by atoms with van der Waals surface area (Å²) in [5, 5.41) is 2.70. The van der Waals surface area contributed by atoms with Crippen molar-refractivity contribution < 1.29 is 4.84 Å². The number of rotatable bonds is 2. The molecule has 0 amide bonds. The highest BCUT2D eigenvalue weighted by atomic mass is 35.5. The van der Waals surface area contributed by atoms with Crippen LogP contribution in [0.2, 0.25) is 5.02 Å². The maximum absolute atomic E-state index is 6.08. The minimum absolute atomic E-state index is 0.712. The first-order valence-corrected chi connectivity index (χ1v) is 5.55. The van der Waals surface area contributed by atoms with E-state index in [1.165, 1.54) is 6.42 Å². The van der Waals surface area contributed by atoms with E-state index < -0.39 is 0 Å². The van der Waals surface area contributed by atoms with Crippen LogP contribution in [0.3, 0.4) is 0 Å². The second kappa shape index (κ2) is 4.84. The zero-order chi connectivity index (χ0) is 10.7. The van der Waals surface area contributed by atoms with Crippen LogP contribution in [0.25, 0.3) is 0 Å². The molecule has 1 heterocycles. The van der Waals surface area contributed by atoms with E-state index in [0.29, 0.717) is 6.54 Å². The van der Waals surface area contributed by atoms with E-state index in [-0.39, 0.29) is 0 Å². The van der Waals surface area contributed by atoms with Gasteiger partial charge in [0.15, 0.2) is 0 Å². The van der Waals surface area contributed by atoms with E-state index in [4.69, 9.17) is 22.2 Å². The Morgan fingerprint density at radius 2 is 2.27 bits per heavy atom. The van der Waals surface area contributed by atoms with Gasteiger partial charge in [0.2, 0.25) is 0 Å². The van der Waals surface area contributed by atoms with Crippen LogP contribution in [-0.4, -0.2) is 18.2 Å². The van der Waals surface area contributed by atoms with Crippen LogP contribution in [0, 0.1) is 0 Å². The average Bonchev–Trinajstić information content (AvgIpc) is 2.25. The zero-order valence-electron chi connectivity index (χ0n) is 8.58. The van der Waals surface area contributed by atoms with Gasteiger partial charge in [-0.15, -0.1) is 0 Å². The van der Waals surface area contributed by atoms with Gasteiger partial charge in [-0.2, -0.15) is 5.06 Å². The number of hydrogen-bond acceptors (Lipinski definition) is 3. The predicted molar refractivity (Wildman–Crippen MR) is 61.5 cm³/mol. The van der Waals surface area contributed by atoms with Gasteiger partial charge in [-0.05, 0) is 36.6 Å². The van der Waals surface area contributed by atoms with Crippen molar-refractivity contribution in [3.05, 3.63) is 28.8 Å². The van der Waals surface area contributed by atoms with E-state index in [0.717, 1.165) is 35.8 Å². The van der Waals surface area contributed by atoms with Crippen molar-refractivity contribution in [2.45, 2.75) is 19.4 Å². The summed E-state index contributed by atoms with van der Waals surface area (Å²) in [7, 11) is 0. The Balaban J connectivity index is 2.05. The summed E-state index contributed by atoms with van der Waals surface area (Å²) >= 11 is 6.08. The first-order chi connectivity index (χ1) is 7.25. The third-order valence-electron chi connectivity index (χ3n) is 2.49. The Kier molecular flexibility index (Phi) is 3.46. The molecule has 1 saturated heterocycles. The number of hydroxylamine groups is 2. The second-order valence-electron chi connectivity index (χ2n) is 3.75. The molecule has 2 N–H and O–H groups in total. The molecule has 0 aliphatic carbocycles. The summed E-state index contributed by atoms with van der Waals surface area (Å²) in [6.45, 7) is 2.48. The highest BCUT2D eigenvalue weighted by molar-refractivity contribution is 6.31. The standard InChI is InChI=1S/C11H15ClN2O/c12-11-4-3-10(13)7-9(11)8-14-5-1-2-6-15-14/h3-4,7H,1-2,5-6,8,13H2. The van der Waals surface area contributed by atoms with Crippen molar-refractivity contribution >= 4 is 17.3 Å². The minimum atomic E-state index is 0.712. The lowest BCUT2D eigenvalue weighted by Gasteiger charge is -2.26. The number of nitrogens with zero attached hydrogens (tertiary/aromatic N) is 1. The summed E-state index contributed by atoms with van der Waals surface area (Å²) in [6, 6.07) is 5.54. The van der Waals surface area contributed by atoms with E-state index in [9.17, 15) is 0 Å². The first kappa shape index (κ1) is 10.7. The van der Waals surface area contributed by atoms with Crippen LogP contribution in [0.4, 0.5) is 5.69 Å². The number of benzene rings is 1. The molecule has 0 atom stereocenters. The van der Waals surface area contributed by atoms with Crippen LogP contribution < -0.4 is 5.73 Å². The van der Waals surface area contributed by atoms with Crippen LogP contribution in [0.15, 0.2) is 18.2 Å². The Bertz CT molecular complexity index is 337. The zero-order valence-corrected chi connectivity index (χ0v) is 9.33. The topological polar surface area (TPSA) is 38.5 Å². The minimum Gasteiger partial charge on any atom is -0.399 e. The molecule has 0 radical (unpaired) electrons. The molecule has 1 aromatic carbocycles. The monoisotopic (exact) mass is 226 g/mol. The van der Waals surface area contributed by atoms with Crippen LogP contribution in [0.5, 0.6) is 0 Å². The maximum Gasteiger partial charge on any atom is 0.0685 e. The van der Waals surface area contributed by atoms with Crippen LogP contribution in [-0.2, 0) is 11.4 Å². The molecule has 1 aromatic rings. The van der Waals surface area contributed by atoms with Crippen LogP contribution in [0.1, 0.15) is 18.4 Å². The van der Waals surface area contributed by atoms with Gasteiger partial charge in [0, 0.05) is 17.3 Å². The normalized spacial score (nSPS) is 17.9. The van der Waals surface area contributed by atoms with Crippen molar-refractivity contribution in [2.75, 3.05) is 18.9 Å². The fourth-order valence-corrected chi connectivity index (χ4v) is 1.86. The average molecular weight is 227 g/mol. The molecule has 2 rings (SSSR count). The molecule has 0 aromatic heterocycles. The molecule has 15 heavy (non-hydrogen) atoms. The van der Waals surface area contributed by atoms with Crippen molar-refractivity contribution in [3.63, 3.8) is 0 Å². The number of halogens is 1. The van der Waals surface area contributed by atoms with Crippen molar-refractivity contribution in [1.82, 2.24) is 5.06 Å². The molecule has 82 valence electrons. The van der Waals surface area contributed by atoms with Crippen LogP contribution >= 0.6 is 11.6 Å². The maximum atomic E-state index is 6.08. The molecule has 1 aliphatic rings. The number of hydrogen-bond donors (Lipinski definition) is 1. The molecular formula is C11H15ClN2O. The van der Waals surface area contributed by atoms with Gasteiger partial charge in [-0.3, -0.25) is 4.84 Å². The first-order valence-electron chi connectivity index (χ1n) is 5.17. The lowest BCUT2D eigenvalue weighted by atomic mass is 10.2. The smallest absolute Gasteiger partial charge is 0.0685 e. The molecule has 0 spiro atoms. The van der Waals surface area contributed by atoms with Gasteiger partial charge < -0.3 is 5.73 Å². The lowest BCUT2D eigenvalue weighted by molar-refractivity contribution is -0.187. The van der Waals surface area contributed by atoms with Gasteiger partial charge in [0.1, 0.15) is 0 Å². The van der Waals surface area contributed by atoms with Gasteiger partial charge in [0.25, 0.3) is 0 Å². The molecule has 3 nitrogen and oxygen atoms in total. The molecule has 0 bridgehead atoms. The molecule has 4 heteroatoms. The van der Waals surface area contributed by atoms with Crippen molar-refractivity contribution in [2.24, 2.45) is 0 Å². The molecule has 1 fully saturated rings. The van der Waals surface area contributed by atoms with E-state index >= 15 is 0 Å². The second-order valence-corrected chi connectivity index (χ2v) is 4.16. The summed E-state index contributed by atoms with van der Waals surface area (Å²) in [5.74, 6) is 0. The van der Waals surface area contributed by atoms with Gasteiger partial charge in [-0.1, -0.05) is 11.6 Å². The molecule has 0 saturated carbocycles. The highest BCUT2D eigenvalue weighted by Crippen LogP contribution is 2.21. The summed E-state index contributed by atoms with van der Waals surface area (Å²) in [4.78, 5) is 5.51. The fraction of sp³-hybridized carbons (Fsp3) is 0.455. The Hall–Kier alpha value is -0.770. The van der Waals surface area contributed by atoms with Gasteiger partial charge in [0.05, 0.1) is 13.2 Å². The molecular weight excluding hydrogens is 212 g/mol. The number of nitrogens with two attached hydrogens (primary N) is 1. The molecule has 0 unspecified atom stereocenters. The Morgan fingerprint density at radius 3 is 3.00 bits per heavy atom. The largest absolute Gasteiger partial charge is 0.399 e. The van der Waals surface area contributed by atoms with E-state index in [1.54, 1.807) is 0 Å². The summed E-state index contributed by atoms with van der Waals surface area (Å²) < 4.78 is 0. The quantitative estimate of drug-likeness (QED) is 0.788. The van der Waals surface area contributed by atoms with Gasteiger partial charge >= 0.3 is 0 Å². The summed E-state index contributed by atoms with van der Waals surface area (Å²) in [5.41, 5.74) is 7.48. The third kappa shape index (κ3) is 2.84. The Morgan fingerprint density at radius 1 is 1.40 bits per heavy atom. The summed E-state index contributed by atoms with van der Waals surface area (Å²) in [6.07, 6.45) is 2.32. The SMILES string of the molecule is Nc1ccc(Cl)c(CN2CCCCO2)c1. The Labute approximate surface area is 94.7 Å². The lowest BCUT2D eigenvalue weighted by Crippen LogP contribution is -2.29. The fourth-order valence-electron chi connectivity index (χ4n) is 1.68. The number of anilines is 1. The predicted octanol–water partition coefficient (Wildman–Crippen LogP) is 2.45. The highest BCUT2D eigenvalue weighted by Gasteiger charge is 2.12. The van der Waals surface area contributed by atoms with Crippen molar-refractivity contribution in [3.8, 4) is 0 Å². The molecule has 1 aliphatic heterocycles. The number of nitrogen functional groups attached to an aromatic ring is 1. The third-order valence-corrected chi connectivity index (χ3v) is 2.86.